The minimum atomic E-state index is 0.655. The molecule has 0 saturated heterocycles. The molecular weight excluding hydrogens is 1030 g/mol. The van der Waals surface area contributed by atoms with E-state index in [9.17, 15) is 0 Å². The fourth-order valence-electron chi connectivity index (χ4n) is 10.9. The number of unbranched alkanes of at least 4 members (excludes halogenated alkanes) is 7. The van der Waals surface area contributed by atoms with E-state index in [1.807, 2.05) is 0 Å². The quantitative estimate of drug-likeness (QED) is 0.0358. The van der Waals surface area contributed by atoms with E-state index >= 15 is 0 Å². The smallest absolute Gasteiger partial charge is 0.119 e. The minimum Gasteiger partial charge on any atom is -0.494 e. The lowest BCUT2D eigenvalue weighted by atomic mass is 10.0. The molecule has 83 heavy (non-hydrogen) atoms. The molecule has 9 rings (SSSR count). The van der Waals surface area contributed by atoms with Gasteiger partial charge in [0.2, 0.25) is 0 Å². The van der Waals surface area contributed by atoms with Crippen LogP contribution in [0.2, 0.25) is 0 Å². The molecule has 8 bridgehead atoms. The van der Waals surface area contributed by atoms with E-state index in [1.165, 1.54) is 44.9 Å². The Morgan fingerprint density at radius 1 is 0.301 bits per heavy atom. The third kappa shape index (κ3) is 17.1. The molecule has 11 nitrogen and oxygen atoms in total. The molecule has 436 valence electrons. The fourth-order valence-corrected chi connectivity index (χ4v) is 10.9. The number of nitrogens with zero attached hydrogens (tertiary/aromatic N) is 5. The van der Waals surface area contributed by atoms with Crippen LogP contribution < -0.4 is 18.9 Å². The summed E-state index contributed by atoms with van der Waals surface area (Å²) in [5.74, 6) is 3.40. The van der Waals surface area contributed by atoms with Gasteiger partial charge in [0.25, 0.3) is 0 Å². The van der Waals surface area contributed by atoms with E-state index in [1.54, 1.807) is 0 Å². The number of nitrogens with one attached hydrogen (secondary N) is 2. The standard InChI is InChI=1S/C72H92N7O4/c1-11-12-13-14-15-16-17-18-49-80-57-30-22-53(23-31-57)69-61-38-40-63(73-61)70(54-24-32-58(33-25-54)81-50-19-46-77(2,3)4)65-42-44-67(75-65)72(56-28-36-60(37-29-56)83-52-21-48-79(8,9)10)68-45-43-66(76-68)71(64-41-39-62(69)74-64)55-26-34-59(35-27-55)82-51-20-47-78(5,6)7/h22-45,75-76H,11-21,46-52H2,1-10H3/q+3. The number of rotatable bonds is 29. The van der Waals surface area contributed by atoms with E-state index in [4.69, 9.17) is 28.9 Å². The van der Waals surface area contributed by atoms with E-state index in [2.05, 4.69) is 226 Å². The third-order valence-electron chi connectivity index (χ3n) is 15.3. The maximum Gasteiger partial charge on any atom is 0.119 e. The highest BCUT2D eigenvalue weighted by Crippen LogP contribution is 2.40. The first-order chi connectivity index (χ1) is 40.0. The Hall–Kier alpha value is -7.44. The predicted octanol–water partition coefficient (Wildman–Crippen LogP) is 16.3. The second-order valence-corrected chi connectivity index (χ2v) is 25.6. The van der Waals surface area contributed by atoms with E-state index in [0.29, 0.717) is 26.4 Å². The summed E-state index contributed by atoms with van der Waals surface area (Å²) in [5, 5.41) is 0. The molecule has 0 spiro atoms. The molecule has 0 aliphatic carbocycles. The number of hydrogen-bond acceptors (Lipinski definition) is 6. The molecule has 7 aromatic rings. The summed E-state index contributed by atoms with van der Waals surface area (Å²) >= 11 is 0. The molecule has 0 fully saturated rings. The van der Waals surface area contributed by atoms with Crippen LogP contribution in [-0.4, -0.2) is 143 Å². The number of quaternary nitrogens is 3. The van der Waals surface area contributed by atoms with Crippen molar-refractivity contribution in [1.82, 2.24) is 19.9 Å². The minimum absolute atomic E-state index is 0.655. The fraction of sp³-hybridized carbons (Fsp3) is 0.389. The molecule has 2 aliphatic rings. The lowest BCUT2D eigenvalue weighted by Gasteiger charge is -2.23. The van der Waals surface area contributed by atoms with E-state index < -0.39 is 0 Å². The van der Waals surface area contributed by atoms with Gasteiger partial charge in [0.05, 0.1) is 132 Å². The molecule has 0 radical (unpaired) electrons. The van der Waals surface area contributed by atoms with Gasteiger partial charge in [0.15, 0.2) is 0 Å². The van der Waals surface area contributed by atoms with Gasteiger partial charge in [-0.1, -0.05) is 100 Å². The van der Waals surface area contributed by atoms with E-state index in [-0.39, 0.29) is 0 Å². The van der Waals surface area contributed by atoms with Crippen LogP contribution in [0.5, 0.6) is 23.0 Å². The summed E-state index contributed by atoms with van der Waals surface area (Å²) in [5.41, 5.74) is 15.1. The number of fused-ring (bicyclic) bond motifs is 8. The van der Waals surface area contributed by atoms with Crippen molar-refractivity contribution in [1.29, 1.82) is 0 Å². The molecule has 11 heteroatoms. The maximum absolute atomic E-state index is 6.35. The maximum atomic E-state index is 6.35. The summed E-state index contributed by atoms with van der Waals surface area (Å²) < 4.78 is 28.0. The van der Waals surface area contributed by atoms with E-state index in [0.717, 1.165) is 171 Å². The van der Waals surface area contributed by atoms with Crippen LogP contribution >= 0.6 is 0 Å². The Morgan fingerprint density at radius 3 is 0.892 bits per heavy atom. The van der Waals surface area contributed by atoms with Crippen LogP contribution in [0.1, 0.15) is 100 Å². The number of aromatic amines is 2. The second-order valence-electron chi connectivity index (χ2n) is 25.6. The van der Waals surface area contributed by atoms with Gasteiger partial charge >= 0.3 is 0 Å². The molecule has 3 aromatic heterocycles. The molecule has 0 unspecified atom stereocenters. The lowest BCUT2D eigenvalue weighted by Crippen LogP contribution is -2.36. The first-order valence-electron chi connectivity index (χ1n) is 30.5. The SMILES string of the molecule is CCCCCCCCCCOc1ccc(-c2c3nc(c(-c4ccc(OCCC[N+](C)(C)C)cc4)c4ccc([nH]4)c(-c4ccc(OCCC[N+](C)(C)C)cc4)c4ccc([nH]4)c(-c4ccc(OCCC[N+](C)(C)C)cc4)c4nc2C=C4)C=C3)cc1. The van der Waals surface area contributed by atoms with Crippen LogP contribution in [0, 0.1) is 0 Å². The average molecular weight is 1120 g/mol. The van der Waals surface area contributed by atoms with Crippen molar-refractivity contribution >= 4 is 46.4 Å². The molecule has 5 heterocycles. The Balaban J connectivity index is 1.18. The summed E-state index contributed by atoms with van der Waals surface area (Å²) in [7, 11) is 19.9. The van der Waals surface area contributed by atoms with Crippen molar-refractivity contribution < 1.29 is 32.4 Å². The van der Waals surface area contributed by atoms with Gasteiger partial charge in [-0.25, -0.2) is 9.97 Å². The van der Waals surface area contributed by atoms with Crippen molar-refractivity contribution in [3.05, 3.63) is 144 Å². The first kappa shape index (κ1) is 60.2. The van der Waals surface area contributed by atoms with Crippen LogP contribution in [0.4, 0.5) is 0 Å². The molecule has 0 amide bonds. The van der Waals surface area contributed by atoms with Crippen molar-refractivity contribution in [2.45, 2.75) is 77.6 Å². The van der Waals surface area contributed by atoms with Gasteiger partial charge < -0.3 is 42.4 Å². The van der Waals surface area contributed by atoms with Gasteiger partial charge in [-0.05, 0) is 126 Å². The Labute approximate surface area is 495 Å². The van der Waals surface area contributed by atoms with Crippen LogP contribution in [0.25, 0.3) is 90.9 Å². The molecule has 2 aliphatic heterocycles. The summed E-state index contributed by atoms with van der Waals surface area (Å²) in [6, 6.07) is 42.7. The lowest BCUT2D eigenvalue weighted by molar-refractivity contribution is -0.870. The number of ether oxygens (including phenoxy) is 4. The van der Waals surface area contributed by atoms with Gasteiger partial charge in [-0.3, -0.25) is 0 Å². The van der Waals surface area contributed by atoms with Crippen LogP contribution in [-0.2, 0) is 0 Å². The molecule has 2 N–H and O–H groups in total. The Morgan fingerprint density at radius 2 is 0.566 bits per heavy atom. The molecule has 4 aromatic carbocycles. The van der Waals surface area contributed by atoms with Crippen molar-refractivity contribution in [2.24, 2.45) is 0 Å². The van der Waals surface area contributed by atoms with Crippen molar-refractivity contribution in [2.75, 3.05) is 109 Å². The zero-order valence-electron chi connectivity index (χ0n) is 51.5. The summed E-state index contributed by atoms with van der Waals surface area (Å²) in [6.45, 7) is 8.05. The van der Waals surface area contributed by atoms with Gasteiger partial charge in [0, 0.05) is 63.6 Å². The monoisotopic (exact) mass is 1120 g/mol. The number of aromatic nitrogens is 4. The number of benzene rings is 4. The predicted molar refractivity (Wildman–Crippen MR) is 348 cm³/mol. The third-order valence-corrected chi connectivity index (χ3v) is 15.3. The van der Waals surface area contributed by atoms with Crippen LogP contribution in [0.15, 0.2) is 121 Å². The summed E-state index contributed by atoms with van der Waals surface area (Å²) in [6.07, 6.45) is 21.6. The molecule has 0 saturated carbocycles. The highest BCUT2D eigenvalue weighted by molar-refractivity contribution is 6.00. The largest absolute Gasteiger partial charge is 0.494 e. The van der Waals surface area contributed by atoms with Crippen molar-refractivity contribution in [3.63, 3.8) is 0 Å². The topological polar surface area (TPSA) is 94.3 Å². The van der Waals surface area contributed by atoms with Gasteiger partial charge in [-0.15, -0.1) is 0 Å². The second kappa shape index (κ2) is 27.8. The van der Waals surface area contributed by atoms with Gasteiger partial charge in [-0.2, -0.15) is 0 Å². The Kier molecular flexibility index (Phi) is 20.1. The normalized spacial score (nSPS) is 12.5. The highest BCUT2D eigenvalue weighted by atomic mass is 16.5. The zero-order valence-corrected chi connectivity index (χ0v) is 51.5. The molecular formula is C72H92N7O4+3. The van der Waals surface area contributed by atoms with Crippen molar-refractivity contribution in [3.8, 4) is 67.5 Å². The number of H-pyrrole nitrogens is 2. The highest BCUT2D eigenvalue weighted by Gasteiger charge is 2.21. The average Bonchev–Trinajstić information content (AvgIpc) is 3.70. The van der Waals surface area contributed by atoms with Crippen LogP contribution in [0.3, 0.4) is 0 Å². The molecule has 0 atom stereocenters. The number of hydrogen-bond donors (Lipinski definition) is 2. The Bertz CT molecular complexity index is 3300. The summed E-state index contributed by atoms with van der Waals surface area (Å²) in [4.78, 5) is 19.0. The first-order valence-corrected chi connectivity index (χ1v) is 30.5. The zero-order chi connectivity index (χ0) is 58.4. The van der Waals surface area contributed by atoms with Gasteiger partial charge in [0.1, 0.15) is 23.0 Å².